The predicted octanol–water partition coefficient (Wildman–Crippen LogP) is 4.65. The van der Waals surface area contributed by atoms with Gasteiger partial charge in [-0.2, -0.15) is 0 Å². The van der Waals surface area contributed by atoms with Crippen LogP contribution in [0, 0.1) is 0 Å². The Morgan fingerprint density at radius 1 is 0.935 bits per heavy atom. The number of amides is 1. The molecule has 3 aromatic carbocycles. The standard InChI is InChI=1S/C24H26N2O4S/c1-18(2)19-9-13-21(14-10-19)26(31(28,29)23-7-5-4-6-8-23)17-24(27)25-20-11-15-22(30-3)16-12-20/h4-16,18H,17H2,1-3H3,(H,25,27). The smallest absolute Gasteiger partial charge is 0.264 e. The summed E-state index contributed by atoms with van der Waals surface area (Å²) in [6.45, 7) is 3.77. The zero-order valence-electron chi connectivity index (χ0n) is 17.8. The van der Waals surface area contributed by atoms with Crippen molar-refractivity contribution in [2.45, 2.75) is 24.7 Å². The summed E-state index contributed by atoms with van der Waals surface area (Å²) in [7, 11) is -2.37. The van der Waals surface area contributed by atoms with Crippen molar-refractivity contribution < 1.29 is 17.9 Å². The average molecular weight is 439 g/mol. The third-order valence-electron chi connectivity index (χ3n) is 4.84. The molecule has 162 valence electrons. The number of carbonyl (C=O) groups excluding carboxylic acids is 1. The summed E-state index contributed by atoms with van der Waals surface area (Å²) in [5.74, 6) is 0.528. The van der Waals surface area contributed by atoms with Crippen LogP contribution in [0.3, 0.4) is 0 Å². The van der Waals surface area contributed by atoms with E-state index < -0.39 is 15.9 Å². The Hall–Kier alpha value is -3.32. The van der Waals surface area contributed by atoms with Crippen molar-refractivity contribution in [3.63, 3.8) is 0 Å². The molecule has 31 heavy (non-hydrogen) atoms. The van der Waals surface area contributed by atoms with Crippen molar-refractivity contribution in [2.24, 2.45) is 0 Å². The van der Waals surface area contributed by atoms with E-state index in [2.05, 4.69) is 19.2 Å². The van der Waals surface area contributed by atoms with Gasteiger partial charge < -0.3 is 10.1 Å². The molecule has 0 unspecified atom stereocenters. The number of benzene rings is 3. The van der Waals surface area contributed by atoms with Crippen LogP contribution in [0.25, 0.3) is 0 Å². The summed E-state index contributed by atoms with van der Waals surface area (Å²) in [5, 5.41) is 2.75. The first-order chi connectivity index (χ1) is 14.8. The Balaban J connectivity index is 1.90. The highest BCUT2D eigenvalue weighted by atomic mass is 32.2. The van der Waals surface area contributed by atoms with Gasteiger partial charge in [-0.1, -0.05) is 44.2 Å². The zero-order valence-corrected chi connectivity index (χ0v) is 18.6. The maximum Gasteiger partial charge on any atom is 0.264 e. The molecule has 6 nitrogen and oxygen atoms in total. The van der Waals surface area contributed by atoms with Gasteiger partial charge in [0.05, 0.1) is 17.7 Å². The van der Waals surface area contributed by atoms with Gasteiger partial charge in [0, 0.05) is 5.69 Å². The normalized spacial score (nSPS) is 11.2. The van der Waals surface area contributed by atoms with Gasteiger partial charge in [-0.25, -0.2) is 8.42 Å². The third-order valence-corrected chi connectivity index (χ3v) is 6.63. The molecule has 0 spiro atoms. The summed E-state index contributed by atoms with van der Waals surface area (Å²) in [6.07, 6.45) is 0. The van der Waals surface area contributed by atoms with Gasteiger partial charge >= 0.3 is 0 Å². The number of carbonyl (C=O) groups is 1. The Kier molecular flexibility index (Phi) is 6.97. The van der Waals surface area contributed by atoms with Gasteiger partial charge in [-0.15, -0.1) is 0 Å². The van der Waals surface area contributed by atoms with Crippen molar-refractivity contribution in [3.8, 4) is 5.75 Å². The summed E-state index contributed by atoms with van der Waals surface area (Å²) in [4.78, 5) is 12.9. The first-order valence-corrected chi connectivity index (χ1v) is 11.4. The van der Waals surface area contributed by atoms with Crippen LogP contribution in [-0.4, -0.2) is 28.0 Å². The fourth-order valence-corrected chi connectivity index (χ4v) is 4.51. The van der Waals surface area contributed by atoms with E-state index in [-0.39, 0.29) is 11.4 Å². The van der Waals surface area contributed by atoms with Crippen LogP contribution in [0.1, 0.15) is 25.3 Å². The monoisotopic (exact) mass is 438 g/mol. The Morgan fingerprint density at radius 2 is 1.55 bits per heavy atom. The van der Waals surface area contributed by atoms with Crippen molar-refractivity contribution in [3.05, 3.63) is 84.4 Å². The molecular formula is C24H26N2O4S. The molecule has 3 rings (SSSR count). The van der Waals surface area contributed by atoms with Crippen LogP contribution >= 0.6 is 0 Å². The maximum atomic E-state index is 13.4. The van der Waals surface area contributed by atoms with Crippen LogP contribution in [-0.2, 0) is 14.8 Å². The molecule has 7 heteroatoms. The molecule has 0 saturated heterocycles. The van der Waals surface area contributed by atoms with Crippen LogP contribution in [0.4, 0.5) is 11.4 Å². The molecule has 0 bridgehead atoms. The minimum Gasteiger partial charge on any atom is -0.497 e. The van der Waals surface area contributed by atoms with Crippen LogP contribution in [0.2, 0.25) is 0 Å². The Morgan fingerprint density at radius 3 is 2.10 bits per heavy atom. The van der Waals surface area contributed by atoms with Gasteiger partial charge in [0.15, 0.2) is 0 Å². The second kappa shape index (κ2) is 9.66. The van der Waals surface area contributed by atoms with Gasteiger partial charge in [0.2, 0.25) is 5.91 Å². The first-order valence-electron chi connectivity index (χ1n) is 9.93. The highest BCUT2D eigenvalue weighted by molar-refractivity contribution is 7.92. The molecule has 0 atom stereocenters. The minimum atomic E-state index is -3.93. The van der Waals surface area contributed by atoms with Crippen molar-refractivity contribution in [1.82, 2.24) is 0 Å². The van der Waals surface area contributed by atoms with Crippen molar-refractivity contribution in [1.29, 1.82) is 0 Å². The van der Waals surface area contributed by atoms with E-state index in [1.54, 1.807) is 61.7 Å². The van der Waals surface area contributed by atoms with Gasteiger partial charge in [0.25, 0.3) is 10.0 Å². The molecular weight excluding hydrogens is 412 g/mol. The summed E-state index contributed by atoms with van der Waals surface area (Å²) >= 11 is 0. The van der Waals surface area contributed by atoms with E-state index in [0.29, 0.717) is 23.0 Å². The molecule has 0 aliphatic rings. The van der Waals surface area contributed by atoms with Crippen molar-refractivity contribution in [2.75, 3.05) is 23.3 Å². The lowest BCUT2D eigenvalue weighted by Gasteiger charge is -2.24. The molecule has 3 aromatic rings. The zero-order chi connectivity index (χ0) is 22.4. The Labute approximate surface area is 183 Å². The van der Waals surface area contributed by atoms with Crippen LogP contribution in [0.5, 0.6) is 5.75 Å². The number of anilines is 2. The fraction of sp³-hybridized carbons (Fsp3) is 0.208. The molecule has 0 aliphatic carbocycles. The molecule has 1 amide bonds. The van der Waals surface area contributed by atoms with Crippen molar-refractivity contribution >= 4 is 27.3 Å². The van der Waals surface area contributed by atoms with E-state index in [0.717, 1.165) is 9.87 Å². The number of ether oxygens (including phenoxy) is 1. The highest BCUT2D eigenvalue weighted by Crippen LogP contribution is 2.26. The predicted molar refractivity (Wildman–Crippen MR) is 123 cm³/mol. The van der Waals surface area contributed by atoms with E-state index in [1.807, 2.05) is 12.1 Å². The van der Waals surface area contributed by atoms with Gasteiger partial charge in [0.1, 0.15) is 12.3 Å². The largest absolute Gasteiger partial charge is 0.497 e. The quantitative estimate of drug-likeness (QED) is 0.555. The van der Waals surface area contributed by atoms with Crippen LogP contribution < -0.4 is 14.4 Å². The van der Waals surface area contributed by atoms with E-state index >= 15 is 0 Å². The topological polar surface area (TPSA) is 75.7 Å². The molecule has 1 N–H and O–H groups in total. The minimum absolute atomic E-state index is 0.125. The Bertz CT molecular complexity index is 1110. The second-order valence-electron chi connectivity index (χ2n) is 7.35. The number of nitrogens with one attached hydrogen (secondary N) is 1. The number of nitrogens with zero attached hydrogens (tertiary/aromatic N) is 1. The highest BCUT2D eigenvalue weighted by Gasteiger charge is 2.27. The number of methoxy groups -OCH3 is 1. The summed E-state index contributed by atoms with van der Waals surface area (Å²) in [5.41, 5.74) is 2.07. The molecule has 0 radical (unpaired) electrons. The third kappa shape index (κ3) is 5.44. The lowest BCUT2D eigenvalue weighted by atomic mass is 10.0. The lowest BCUT2D eigenvalue weighted by molar-refractivity contribution is -0.114. The molecule has 0 saturated carbocycles. The van der Waals surface area contributed by atoms with Gasteiger partial charge in [-0.3, -0.25) is 9.10 Å². The number of hydrogen-bond donors (Lipinski definition) is 1. The second-order valence-corrected chi connectivity index (χ2v) is 9.21. The van der Waals surface area contributed by atoms with Crippen LogP contribution in [0.15, 0.2) is 83.8 Å². The molecule has 0 aromatic heterocycles. The maximum absolute atomic E-state index is 13.4. The van der Waals surface area contributed by atoms with E-state index in [9.17, 15) is 13.2 Å². The SMILES string of the molecule is COc1ccc(NC(=O)CN(c2ccc(C(C)C)cc2)S(=O)(=O)c2ccccc2)cc1. The molecule has 0 fully saturated rings. The van der Waals surface area contributed by atoms with E-state index in [1.165, 1.54) is 12.1 Å². The average Bonchev–Trinajstić information content (AvgIpc) is 2.78. The lowest BCUT2D eigenvalue weighted by Crippen LogP contribution is -2.38. The molecule has 0 aliphatic heterocycles. The fourth-order valence-electron chi connectivity index (χ4n) is 3.07. The molecule has 0 heterocycles. The number of sulfonamides is 1. The number of hydrogen-bond acceptors (Lipinski definition) is 4. The summed E-state index contributed by atoms with van der Waals surface area (Å²) < 4.78 is 33.0. The first kappa shape index (κ1) is 22.4. The summed E-state index contributed by atoms with van der Waals surface area (Å²) in [6, 6.07) is 22.2. The van der Waals surface area contributed by atoms with Gasteiger partial charge in [-0.05, 0) is 60.0 Å². The van der Waals surface area contributed by atoms with E-state index in [4.69, 9.17) is 4.74 Å². The number of rotatable bonds is 8.